The Hall–Kier alpha value is -4.59. The molecule has 0 aromatic heterocycles. The molecule has 1 unspecified atom stereocenters. The molecule has 0 bridgehead atoms. The zero-order chi connectivity index (χ0) is 27.4. The number of rotatable bonds is 8. The van der Waals surface area contributed by atoms with Gasteiger partial charge in [0.15, 0.2) is 0 Å². The zero-order valence-corrected chi connectivity index (χ0v) is 21.7. The molecule has 1 atom stereocenters. The molecule has 0 radical (unpaired) electrons. The second-order valence-electron chi connectivity index (χ2n) is 8.81. The van der Waals surface area contributed by atoms with Crippen molar-refractivity contribution in [2.45, 2.75) is 26.3 Å². The molecule has 8 nitrogen and oxygen atoms in total. The van der Waals surface area contributed by atoms with Gasteiger partial charge in [0.05, 0.1) is 38.0 Å². The molecule has 0 saturated carbocycles. The Morgan fingerprint density at radius 3 is 2.24 bits per heavy atom. The van der Waals surface area contributed by atoms with Gasteiger partial charge in [0.25, 0.3) is 11.7 Å². The van der Waals surface area contributed by atoms with Crippen molar-refractivity contribution in [3.05, 3.63) is 94.6 Å². The highest BCUT2D eigenvalue weighted by molar-refractivity contribution is 6.51. The van der Waals surface area contributed by atoms with E-state index in [4.69, 9.17) is 14.2 Å². The number of nitrogens with zero attached hydrogens (tertiary/aromatic N) is 1. The lowest BCUT2D eigenvalue weighted by Crippen LogP contribution is -2.29. The number of amides is 1. The molecule has 38 heavy (non-hydrogen) atoms. The minimum absolute atomic E-state index is 0.123. The van der Waals surface area contributed by atoms with E-state index in [-0.39, 0.29) is 34.8 Å². The van der Waals surface area contributed by atoms with Crippen molar-refractivity contribution in [1.29, 1.82) is 0 Å². The number of esters is 1. The van der Waals surface area contributed by atoms with Crippen LogP contribution >= 0.6 is 0 Å². The van der Waals surface area contributed by atoms with Crippen LogP contribution in [-0.4, -0.2) is 43.6 Å². The first-order valence-corrected chi connectivity index (χ1v) is 12.2. The first kappa shape index (κ1) is 26.5. The predicted octanol–water partition coefficient (Wildman–Crippen LogP) is 5.21. The highest BCUT2D eigenvalue weighted by Crippen LogP contribution is 2.45. The van der Waals surface area contributed by atoms with Gasteiger partial charge >= 0.3 is 5.97 Å². The third-order valence-electron chi connectivity index (χ3n) is 6.26. The number of carbonyl (C=O) groups excluding carboxylic acids is 3. The largest absolute Gasteiger partial charge is 0.506 e. The summed E-state index contributed by atoms with van der Waals surface area (Å²) >= 11 is 0. The molecule has 1 amide bonds. The van der Waals surface area contributed by atoms with Gasteiger partial charge in [-0.1, -0.05) is 48.9 Å². The fourth-order valence-corrected chi connectivity index (χ4v) is 4.53. The Morgan fingerprint density at radius 2 is 1.61 bits per heavy atom. The number of Topliss-reactive ketones (excluding diaryl/α,β-unsaturated/α-hetero) is 1. The van der Waals surface area contributed by atoms with Crippen LogP contribution in [-0.2, 0) is 14.3 Å². The van der Waals surface area contributed by atoms with Gasteiger partial charge in [-0.05, 0) is 49.2 Å². The van der Waals surface area contributed by atoms with Crippen LogP contribution in [0.3, 0.4) is 0 Å². The van der Waals surface area contributed by atoms with Gasteiger partial charge in [-0.3, -0.25) is 14.5 Å². The summed E-state index contributed by atoms with van der Waals surface area (Å²) < 4.78 is 16.1. The van der Waals surface area contributed by atoms with Gasteiger partial charge in [0.2, 0.25) is 0 Å². The van der Waals surface area contributed by atoms with Crippen molar-refractivity contribution >= 4 is 29.1 Å². The van der Waals surface area contributed by atoms with Crippen molar-refractivity contribution in [2.75, 3.05) is 25.7 Å². The Bertz CT molecular complexity index is 1400. The number of anilines is 1. The fourth-order valence-electron chi connectivity index (χ4n) is 4.53. The van der Waals surface area contributed by atoms with E-state index in [1.165, 1.54) is 25.2 Å². The molecule has 1 fully saturated rings. The topological polar surface area (TPSA) is 102 Å². The smallest absolute Gasteiger partial charge is 0.338 e. The number of methoxy groups -OCH3 is 2. The lowest BCUT2D eigenvalue weighted by molar-refractivity contribution is -0.132. The molecule has 0 aliphatic carbocycles. The Labute approximate surface area is 221 Å². The van der Waals surface area contributed by atoms with Crippen molar-refractivity contribution in [2.24, 2.45) is 0 Å². The Balaban J connectivity index is 1.95. The second kappa shape index (κ2) is 11.2. The maximum atomic E-state index is 13.5. The quantitative estimate of drug-likeness (QED) is 0.190. The molecule has 3 aromatic carbocycles. The third-order valence-corrected chi connectivity index (χ3v) is 6.26. The van der Waals surface area contributed by atoms with Crippen LogP contribution in [0, 0.1) is 6.92 Å². The van der Waals surface area contributed by atoms with Crippen molar-refractivity contribution in [1.82, 2.24) is 0 Å². The van der Waals surface area contributed by atoms with Crippen molar-refractivity contribution < 1.29 is 33.7 Å². The van der Waals surface area contributed by atoms with Crippen LogP contribution in [0.5, 0.6) is 11.5 Å². The van der Waals surface area contributed by atoms with E-state index in [1.807, 2.05) is 32.0 Å². The molecule has 8 heteroatoms. The number of aliphatic hydroxyl groups excluding tert-OH is 1. The highest BCUT2D eigenvalue weighted by Gasteiger charge is 2.47. The summed E-state index contributed by atoms with van der Waals surface area (Å²) in [4.78, 5) is 40.9. The first-order valence-electron chi connectivity index (χ1n) is 12.2. The van der Waals surface area contributed by atoms with Gasteiger partial charge in [0, 0.05) is 5.69 Å². The molecule has 196 valence electrons. The number of ether oxygens (including phenoxy) is 3. The third kappa shape index (κ3) is 4.85. The summed E-state index contributed by atoms with van der Waals surface area (Å²) in [5, 5.41) is 11.6. The molecular weight excluding hydrogens is 486 g/mol. The summed E-state index contributed by atoms with van der Waals surface area (Å²) in [5.41, 5.74) is 2.11. The molecule has 1 N–H and O–H groups in total. The van der Waals surface area contributed by atoms with Crippen LogP contribution < -0.4 is 14.4 Å². The van der Waals surface area contributed by atoms with Gasteiger partial charge in [-0.25, -0.2) is 4.79 Å². The maximum absolute atomic E-state index is 13.5. The van der Waals surface area contributed by atoms with E-state index in [0.29, 0.717) is 17.7 Å². The van der Waals surface area contributed by atoms with Gasteiger partial charge in [0.1, 0.15) is 22.8 Å². The standard InChI is InChI=1S/C30H29NO7/c1-5-15-38-30(35)20-11-7-12-21(17-20)31-26(19-10-6-9-18(2)16-19)25(28(33)29(31)34)27(32)24-22(36-3)13-8-14-23(24)37-4/h6-14,16-17,26,32H,5,15H2,1-4H3/b27-25+. The fraction of sp³-hybridized carbons (Fsp3) is 0.233. The first-order chi connectivity index (χ1) is 18.3. The van der Waals surface area contributed by atoms with E-state index >= 15 is 0 Å². The Morgan fingerprint density at radius 1 is 0.947 bits per heavy atom. The minimum atomic E-state index is -0.980. The van der Waals surface area contributed by atoms with Crippen LogP contribution in [0.15, 0.2) is 72.3 Å². The van der Waals surface area contributed by atoms with Gasteiger partial charge in [-0.2, -0.15) is 0 Å². The summed E-state index contributed by atoms with van der Waals surface area (Å²) in [6.07, 6.45) is 0.666. The summed E-state index contributed by atoms with van der Waals surface area (Å²) in [6.45, 7) is 4.04. The van der Waals surface area contributed by atoms with E-state index in [1.54, 1.807) is 42.5 Å². The minimum Gasteiger partial charge on any atom is -0.506 e. The molecule has 1 saturated heterocycles. The van der Waals surface area contributed by atoms with Crippen LogP contribution in [0.2, 0.25) is 0 Å². The summed E-state index contributed by atoms with van der Waals surface area (Å²) in [5.74, 6) is -2.12. The average Bonchev–Trinajstić information content (AvgIpc) is 3.20. The average molecular weight is 516 g/mol. The summed E-state index contributed by atoms with van der Waals surface area (Å²) in [7, 11) is 2.87. The number of aliphatic hydroxyl groups is 1. The summed E-state index contributed by atoms with van der Waals surface area (Å²) in [6, 6.07) is 17.6. The SMILES string of the molecule is CCCOC(=O)c1cccc(N2C(=O)C(=O)/C(=C(/O)c3c(OC)cccc3OC)C2c2cccc(C)c2)c1. The zero-order valence-electron chi connectivity index (χ0n) is 21.7. The molecule has 1 aliphatic rings. The number of ketones is 1. The number of carbonyl (C=O) groups is 3. The molecule has 4 rings (SSSR count). The van der Waals surface area contributed by atoms with Crippen LogP contribution in [0.4, 0.5) is 5.69 Å². The van der Waals surface area contributed by atoms with Crippen LogP contribution in [0.1, 0.15) is 46.4 Å². The van der Waals surface area contributed by atoms with E-state index < -0.39 is 29.5 Å². The van der Waals surface area contributed by atoms with E-state index in [0.717, 1.165) is 5.56 Å². The van der Waals surface area contributed by atoms with E-state index in [9.17, 15) is 19.5 Å². The number of aryl methyl sites for hydroxylation is 1. The number of hydrogen-bond donors (Lipinski definition) is 1. The van der Waals surface area contributed by atoms with Gasteiger partial charge < -0.3 is 19.3 Å². The highest BCUT2D eigenvalue weighted by atomic mass is 16.5. The predicted molar refractivity (Wildman–Crippen MR) is 143 cm³/mol. The monoisotopic (exact) mass is 515 g/mol. The van der Waals surface area contributed by atoms with Crippen molar-refractivity contribution in [3.63, 3.8) is 0 Å². The van der Waals surface area contributed by atoms with Crippen LogP contribution in [0.25, 0.3) is 5.76 Å². The molecule has 1 heterocycles. The van der Waals surface area contributed by atoms with Gasteiger partial charge in [-0.15, -0.1) is 0 Å². The normalized spacial score (nSPS) is 16.4. The van der Waals surface area contributed by atoms with E-state index in [2.05, 4.69) is 0 Å². The lowest BCUT2D eigenvalue weighted by Gasteiger charge is -2.26. The molecule has 3 aromatic rings. The number of hydrogen-bond acceptors (Lipinski definition) is 7. The molecule has 1 aliphatic heterocycles. The maximum Gasteiger partial charge on any atom is 0.338 e. The Kier molecular flexibility index (Phi) is 7.81. The lowest BCUT2D eigenvalue weighted by atomic mass is 9.93. The molecule has 0 spiro atoms. The number of benzene rings is 3. The second-order valence-corrected chi connectivity index (χ2v) is 8.81. The van der Waals surface area contributed by atoms with Crippen molar-refractivity contribution in [3.8, 4) is 11.5 Å². The molecular formula is C30H29NO7.